The summed E-state index contributed by atoms with van der Waals surface area (Å²) in [6, 6.07) is 18.8. The molecule has 2 unspecified atom stereocenters. The third-order valence-electron chi connectivity index (χ3n) is 5.78. The zero-order chi connectivity index (χ0) is 18.1. The van der Waals surface area contributed by atoms with Crippen LogP contribution in [0.1, 0.15) is 42.7 Å². The van der Waals surface area contributed by atoms with E-state index in [2.05, 4.69) is 66.0 Å². The molecule has 2 heterocycles. The van der Waals surface area contributed by atoms with Crippen LogP contribution in [0.15, 0.2) is 60.8 Å². The van der Waals surface area contributed by atoms with Gasteiger partial charge >= 0.3 is 0 Å². The van der Waals surface area contributed by atoms with Crippen LogP contribution in [0.25, 0.3) is 10.9 Å². The maximum absolute atomic E-state index is 13.1. The molecule has 3 heteroatoms. The van der Waals surface area contributed by atoms with Gasteiger partial charge < -0.3 is 9.47 Å². The number of aryl methyl sites for hydroxylation is 1. The Balaban J connectivity index is 1.55. The Bertz CT molecular complexity index is 912. The molecule has 0 saturated carbocycles. The predicted octanol–water partition coefficient (Wildman–Crippen LogP) is 4.69. The van der Waals surface area contributed by atoms with Crippen molar-refractivity contribution in [1.29, 1.82) is 0 Å². The first kappa shape index (κ1) is 16.9. The van der Waals surface area contributed by atoms with Crippen LogP contribution in [-0.4, -0.2) is 28.5 Å². The first-order valence-electron chi connectivity index (χ1n) is 9.56. The number of carbonyl (C=O) groups is 1. The maximum Gasteiger partial charge on any atom is 0.230 e. The van der Waals surface area contributed by atoms with Gasteiger partial charge in [-0.1, -0.05) is 55.5 Å². The lowest BCUT2D eigenvalue weighted by atomic mass is 9.95. The van der Waals surface area contributed by atoms with Crippen LogP contribution in [0.4, 0.5) is 0 Å². The van der Waals surface area contributed by atoms with E-state index in [-0.39, 0.29) is 11.8 Å². The average Bonchev–Trinajstić information content (AvgIpc) is 3.29. The van der Waals surface area contributed by atoms with Gasteiger partial charge in [0, 0.05) is 43.2 Å². The van der Waals surface area contributed by atoms with E-state index in [0.717, 1.165) is 31.5 Å². The molecule has 2 aromatic carbocycles. The number of benzene rings is 2. The second-order valence-electron chi connectivity index (χ2n) is 7.35. The quantitative estimate of drug-likeness (QED) is 0.673. The molecular formula is C23H26N2O. The lowest BCUT2D eigenvalue weighted by Gasteiger charge is -2.23. The van der Waals surface area contributed by atoms with Crippen molar-refractivity contribution in [3.05, 3.63) is 71.9 Å². The second kappa shape index (κ2) is 6.99. The first-order valence-corrected chi connectivity index (χ1v) is 9.56. The van der Waals surface area contributed by atoms with Gasteiger partial charge in [0.05, 0.1) is 5.92 Å². The van der Waals surface area contributed by atoms with Gasteiger partial charge in [-0.15, -0.1) is 0 Å². The number of nitrogens with zero attached hydrogens (tertiary/aromatic N) is 2. The SMILES string of the molecule is CCC(C(=O)N1CCC(c2cn(C)c3ccccc23)C1)c1ccccc1. The Hall–Kier alpha value is -2.55. The Kier molecular flexibility index (Phi) is 4.54. The molecule has 1 aliphatic rings. The summed E-state index contributed by atoms with van der Waals surface area (Å²) in [5.41, 5.74) is 3.78. The molecule has 0 spiro atoms. The summed E-state index contributed by atoms with van der Waals surface area (Å²) in [6.45, 7) is 3.79. The third kappa shape index (κ3) is 2.92. The number of amides is 1. The van der Waals surface area contributed by atoms with Crippen molar-refractivity contribution in [2.75, 3.05) is 13.1 Å². The van der Waals surface area contributed by atoms with Crippen molar-refractivity contribution in [1.82, 2.24) is 9.47 Å². The number of aromatic nitrogens is 1. The molecule has 0 bridgehead atoms. The zero-order valence-electron chi connectivity index (χ0n) is 15.6. The van der Waals surface area contributed by atoms with Gasteiger partial charge in [0.1, 0.15) is 0 Å². The van der Waals surface area contributed by atoms with Crippen molar-refractivity contribution in [3.8, 4) is 0 Å². The van der Waals surface area contributed by atoms with E-state index in [0.29, 0.717) is 5.92 Å². The van der Waals surface area contributed by atoms with E-state index in [4.69, 9.17) is 0 Å². The molecule has 0 N–H and O–H groups in total. The van der Waals surface area contributed by atoms with Gasteiger partial charge in [-0.2, -0.15) is 0 Å². The van der Waals surface area contributed by atoms with Gasteiger partial charge in [0.25, 0.3) is 0 Å². The number of carbonyl (C=O) groups excluding carboxylic acids is 1. The molecule has 134 valence electrons. The van der Waals surface area contributed by atoms with Gasteiger partial charge in [0.2, 0.25) is 5.91 Å². The summed E-state index contributed by atoms with van der Waals surface area (Å²) in [7, 11) is 2.10. The smallest absolute Gasteiger partial charge is 0.230 e. The number of fused-ring (bicyclic) bond motifs is 1. The fourth-order valence-electron chi connectivity index (χ4n) is 4.37. The number of hydrogen-bond donors (Lipinski definition) is 0. The molecule has 0 radical (unpaired) electrons. The van der Waals surface area contributed by atoms with Crippen LogP contribution in [0.2, 0.25) is 0 Å². The Morgan fingerprint density at radius 1 is 1.12 bits per heavy atom. The molecule has 3 aromatic rings. The highest BCUT2D eigenvalue weighted by Crippen LogP contribution is 2.35. The van der Waals surface area contributed by atoms with E-state index in [1.807, 2.05) is 18.2 Å². The van der Waals surface area contributed by atoms with Crippen LogP contribution in [0.3, 0.4) is 0 Å². The third-order valence-corrected chi connectivity index (χ3v) is 5.78. The number of hydrogen-bond acceptors (Lipinski definition) is 1. The average molecular weight is 346 g/mol. The highest BCUT2D eigenvalue weighted by molar-refractivity contribution is 5.86. The van der Waals surface area contributed by atoms with Crippen LogP contribution in [0, 0.1) is 0 Å². The number of likely N-dealkylation sites (tertiary alicyclic amines) is 1. The minimum Gasteiger partial charge on any atom is -0.350 e. The van der Waals surface area contributed by atoms with E-state index in [9.17, 15) is 4.79 Å². The molecule has 1 fully saturated rings. The monoisotopic (exact) mass is 346 g/mol. The largest absolute Gasteiger partial charge is 0.350 e. The van der Waals surface area contributed by atoms with Crippen molar-refractivity contribution < 1.29 is 4.79 Å². The molecule has 4 rings (SSSR count). The lowest BCUT2D eigenvalue weighted by Crippen LogP contribution is -2.33. The summed E-state index contributed by atoms with van der Waals surface area (Å²) in [5, 5.41) is 1.32. The van der Waals surface area contributed by atoms with Crippen LogP contribution < -0.4 is 0 Å². The van der Waals surface area contributed by atoms with Gasteiger partial charge in [-0.05, 0) is 30.0 Å². The highest BCUT2D eigenvalue weighted by atomic mass is 16.2. The molecule has 26 heavy (non-hydrogen) atoms. The molecule has 3 nitrogen and oxygen atoms in total. The molecule has 1 saturated heterocycles. The van der Waals surface area contributed by atoms with E-state index in [1.54, 1.807) is 0 Å². The van der Waals surface area contributed by atoms with Crippen molar-refractivity contribution in [2.45, 2.75) is 31.6 Å². The van der Waals surface area contributed by atoms with Crippen molar-refractivity contribution in [3.63, 3.8) is 0 Å². The maximum atomic E-state index is 13.1. The Morgan fingerprint density at radius 2 is 1.85 bits per heavy atom. The summed E-state index contributed by atoms with van der Waals surface area (Å²) < 4.78 is 2.20. The van der Waals surface area contributed by atoms with Crippen LogP contribution in [-0.2, 0) is 11.8 Å². The topological polar surface area (TPSA) is 25.2 Å². The summed E-state index contributed by atoms with van der Waals surface area (Å²) >= 11 is 0. The predicted molar refractivity (Wildman–Crippen MR) is 106 cm³/mol. The summed E-state index contributed by atoms with van der Waals surface area (Å²) in [6.07, 6.45) is 4.14. The fraction of sp³-hybridized carbons (Fsp3) is 0.348. The molecule has 1 aliphatic heterocycles. The fourth-order valence-corrected chi connectivity index (χ4v) is 4.37. The van der Waals surface area contributed by atoms with E-state index >= 15 is 0 Å². The lowest BCUT2D eigenvalue weighted by molar-refractivity contribution is -0.131. The van der Waals surface area contributed by atoms with Gasteiger partial charge in [-0.3, -0.25) is 4.79 Å². The van der Waals surface area contributed by atoms with Crippen molar-refractivity contribution in [2.24, 2.45) is 7.05 Å². The Labute approximate surface area is 155 Å². The molecular weight excluding hydrogens is 320 g/mol. The van der Waals surface area contributed by atoms with Crippen LogP contribution >= 0.6 is 0 Å². The minimum absolute atomic E-state index is 0.0255. The van der Waals surface area contributed by atoms with Gasteiger partial charge in [-0.25, -0.2) is 0 Å². The molecule has 1 amide bonds. The Morgan fingerprint density at radius 3 is 2.62 bits per heavy atom. The van der Waals surface area contributed by atoms with E-state index in [1.165, 1.54) is 16.5 Å². The van der Waals surface area contributed by atoms with Crippen molar-refractivity contribution >= 4 is 16.8 Å². The first-order chi connectivity index (χ1) is 12.7. The second-order valence-corrected chi connectivity index (χ2v) is 7.35. The highest BCUT2D eigenvalue weighted by Gasteiger charge is 2.32. The summed E-state index contributed by atoms with van der Waals surface area (Å²) in [5.74, 6) is 0.683. The zero-order valence-corrected chi connectivity index (χ0v) is 15.6. The normalized spacial score (nSPS) is 18.4. The number of para-hydroxylation sites is 1. The molecule has 0 aliphatic carbocycles. The number of rotatable bonds is 4. The van der Waals surface area contributed by atoms with Gasteiger partial charge in [0.15, 0.2) is 0 Å². The van der Waals surface area contributed by atoms with E-state index < -0.39 is 0 Å². The van der Waals surface area contributed by atoms with Crippen LogP contribution in [0.5, 0.6) is 0 Å². The minimum atomic E-state index is -0.0255. The summed E-state index contributed by atoms with van der Waals surface area (Å²) in [4.78, 5) is 15.2. The molecule has 2 atom stereocenters. The standard InChI is InChI=1S/C23H26N2O/c1-3-19(17-9-5-4-6-10-17)23(26)25-14-13-18(15-25)21-16-24(2)22-12-8-7-11-20(21)22/h4-12,16,18-19H,3,13-15H2,1-2H3. The molecule has 1 aromatic heterocycles.